The monoisotopic (exact) mass is 304 g/mol. The molecule has 114 valence electrons. The molecule has 21 heavy (non-hydrogen) atoms. The Hall–Kier alpha value is -1.33. The van der Waals surface area contributed by atoms with Gasteiger partial charge in [0, 0.05) is 18.0 Å². The number of rotatable bonds is 7. The highest BCUT2D eigenvalue weighted by Crippen LogP contribution is 2.27. The standard InChI is InChI=1S/C16H24N4S/c1-5-11-17-15(6-2)13-7-9-14(10-8-13)21-16-19-18-12(3)20(16)4/h7-10,15,17H,5-6,11H2,1-4H3. The van der Waals surface area contributed by atoms with Crippen molar-refractivity contribution < 1.29 is 0 Å². The number of nitrogens with one attached hydrogen (secondary N) is 1. The van der Waals surface area contributed by atoms with E-state index < -0.39 is 0 Å². The molecule has 0 saturated heterocycles. The van der Waals surface area contributed by atoms with Crippen LogP contribution in [-0.4, -0.2) is 21.3 Å². The van der Waals surface area contributed by atoms with Gasteiger partial charge in [0.15, 0.2) is 5.16 Å². The smallest absolute Gasteiger partial charge is 0.195 e. The molecule has 1 heterocycles. The van der Waals surface area contributed by atoms with Gasteiger partial charge in [-0.3, -0.25) is 0 Å². The summed E-state index contributed by atoms with van der Waals surface area (Å²) in [5, 5.41) is 12.8. The first kappa shape index (κ1) is 16.0. The molecular formula is C16H24N4S. The average molecular weight is 304 g/mol. The van der Waals surface area contributed by atoms with Gasteiger partial charge in [-0.25, -0.2) is 0 Å². The second-order valence-corrected chi connectivity index (χ2v) is 6.22. The maximum Gasteiger partial charge on any atom is 0.195 e. The number of aromatic nitrogens is 3. The molecule has 0 bridgehead atoms. The maximum atomic E-state index is 4.19. The van der Waals surface area contributed by atoms with Gasteiger partial charge in [0.25, 0.3) is 0 Å². The second-order valence-electron chi connectivity index (χ2n) is 5.17. The molecule has 0 spiro atoms. The highest BCUT2D eigenvalue weighted by molar-refractivity contribution is 7.99. The average Bonchev–Trinajstić information content (AvgIpc) is 2.81. The summed E-state index contributed by atoms with van der Waals surface area (Å²) in [7, 11) is 1.99. The third-order valence-electron chi connectivity index (χ3n) is 3.59. The van der Waals surface area contributed by atoms with E-state index in [0.717, 1.165) is 30.4 Å². The molecule has 0 amide bonds. The molecule has 0 aliphatic rings. The fraction of sp³-hybridized carbons (Fsp3) is 0.500. The normalized spacial score (nSPS) is 12.6. The molecule has 4 nitrogen and oxygen atoms in total. The molecule has 0 fully saturated rings. The first-order valence-electron chi connectivity index (χ1n) is 7.52. The molecular weight excluding hydrogens is 280 g/mol. The van der Waals surface area contributed by atoms with Gasteiger partial charge in [-0.1, -0.05) is 26.0 Å². The highest BCUT2D eigenvalue weighted by Gasteiger charge is 2.10. The second kappa shape index (κ2) is 7.61. The highest BCUT2D eigenvalue weighted by atomic mass is 32.2. The Labute approximate surface area is 131 Å². The van der Waals surface area contributed by atoms with Crippen LogP contribution in [0.15, 0.2) is 34.3 Å². The van der Waals surface area contributed by atoms with Crippen molar-refractivity contribution in [2.45, 2.75) is 49.7 Å². The van der Waals surface area contributed by atoms with Crippen molar-refractivity contribution in [3.05, 3.63) is 35.7 Å². The molecule has 0 aliphatic heterocycles. The first-order valence-corrected chi connectivity index (χ1v) is 8.34. The largest absolute Gasteiger partial charge is 0.310 e. The lowest BCUT2D eigenvalue weighted by atomic mass is 10.0. The first-order chi connectivity index (χ1) is 10.2. The SMILES string of the molecule is CCCNC(CC)c1ccc(Sc2nnc(C)n2C)cc1. The van der Waals surface area contributed by atoms with Gasteiger partial charge in [0.1, 0.15) is 5.82 Å². The number of benzene rings is 1. The molecule has 1 aromatic carbocycles. The third kappa shape index (κ3) is 4.08. The van der Waals surface area contributed by atoms with Crippen molar-refractivity contribution in [2.24, 2.45) is 7.05 Å². The van der Waals surface area contributed by atoms with Crippen molar-refractivity contribution >= 4 is 11.8 Å². The molecule has 0 radical (unpaired) electrons. The summed E-state index contributed by atoms with van der Waals surface area (Å²) in [6.07, 6.45) is 2.27. The quantitative estimate of drug-likeness (QED) is 0.846. The summed E-state index contributed by atoms with van der Waals surface area (Å²) in [6.45, 7) is 7.44. The number of hydrogen-bond donors (Lipinski definition) is 1. The predicted molar refractivity (Wildman–Crippen MR) is 87.6 cm³/mol. The Balaban J connectivity index is 2.06. The van der Waals surface area contributed by atoms with Gasteiger partial charge in [0.2, 0.25) is 0 Å². The van der Waals surface area contributed by atoms with E-state index in [-0.39, 0.29) is 0 Å². The van der Waals surface area contributed by atoms with Crippen LogP contribution in [0.3, 0.4) is 0 Å². The molecule has 1 unspecified atom stereocenters. The summed E-state index contributed by atoms with van der Waals surface area (Å²) in [6, 6.07) is 9.20. The van der Waals surface area contributed by atoms with Crippen LogP contribution in [0.2, 0.25) is 0 Å². The Kier molecular flexibility index (Phi) is 5.82. The van der Waals surface area contributed by atoms with Crippen LogP contribution in [0.25, 0.3) is 0 Å². The van der Waals surface area contributed by atoms with Crippen LogP contribution >= 0.6 is 11.8 Å². The zero-order valence-electron chi connectivity index (χ0n) is 13.3. The Bertz CT molecular complexity index is 562. The van der Waals surface area contributed by atoms with E-state index in [0.29, 0.717) is 6.04 Å². The molecule has 0 saturated carbocycles. The minimum atomic E-state index is 0.445. The summed E-state index contributed by atoms with van der Waals surface area (Å²) < 4.78 is 2.01. The van der Waals surface area contributed by atoms with Crippen LogP contribution in [0.4, 0.5) is 0 Å². The van der Waals surface area contributed by atoms with Gasteiger partial charge in [-0.15, -0.1) is 10.2 Å². The maximum absolute atomic E-state index is 4.19. The predicted octanol–water partition coefficient (Wildman–Crippen LogP) is 3.73. The lowest BCUT2D eigenvalue weighted by Crippen LogP contribution is -2.21. The summed E-state index contributed by atoms with van der Waals surface area (Å²) in [5.74, 6) is 0.934. The Morgan fingerprint density at radius 3 is 2.43 bits per heavy atom. The zero-order valence-corrected chi connectivity index (χ0v) is 14.1. The molecule has 1 N–H and O–H groups in total. The van der Waals surface area contributed by atoms with Gasteiger partial charge in [-0.05, 0) is 55.8 Å². The van der Waals surface area contributed by atoms with Crippen molar-refractivity contribution in [1.29, 1.82) is 0 Å². The molecule has 2 aromatic rings. The molecule has 5 heteroatoms. The Morgan fingerprint density at radius 2 is 1.90 bits per heavy atom. The van der Waals surface area contributed by atoms with Crippen molar-refractivity contribution in [3.8, 4) is 0 Å². The van der Waals surface area contributed by atoms with E-state index in [4.69, 9.17) is 0 Å². The van der Waals surface area contributed by atoms with Gasteiger partial charge < -0.3 is 9.88 Å². The van der Waals surface area contributed by atoms with E-state index in [9.17, 15) is 0 Å². The molecule has 0 aliphatic carbocycles. The van der Waals surface area contributed by atoms with E-state index in [1.54, 1.807) is 11.8 Å². The molecule has 1 aromatic heterocycles. The van der Waals surface area contributed by atoms with Gasteiger partial charge in [0.05, 0.1) is 0 Å². The fourth-order valence-corrected chi connectivity index (χ4v) is 3.00. The zero-order chi connectivity index (χ0) is 15.2. The number of hydrogen-bond acceptors (Lipinski definition) is 4. The van der Waals surface area contributed by atoms with Crippen molar-refractivity contribution in [3.63, 3.8) is 0 Å². The number of aryl methyl sites for hydroxylation is 1. The lowest BCUT2D eigenvalue weighted by Gasteiger charge is -2.17. The van der Waals surface area contributed by atoms with E-state index >= 15 is 0 Å². The molecule has 2 rings (SSSR count). The Morgan fingerprint density at radius 1 is 1.19 bits per heavy atom. The van der Waals surface area contributed by atoms with Crippen LogP contribution < -0.4 is 5.32 Å². The minimum Gasteiger partial charge on any atom is -0.310 e. The lowest BCUT2D eigenvalue weighted by molar-refractivity contribution is 0.518. The van der Waals surface area contributed by atoms with E-state index in [1.165, 1.54) is 10.5 Å². The molecule has 1 atom stereocenters. The minimum absolute atomic E-state index is 0.445. The van der Waals surface area contributed by atoms with Crippen LogP contribution in [0.1, 0.15) is 44.1 Å². The summed E-state index contributed by atoms with van der Waals surface area (Å²) in [4.78, 5) is 1.19. The van der Waals surface area contributed by atoms with Crippen molar-refractivity contribution in [2.75, 3.05) is 6.54 Å². The summed E-state index contributed by atoms with van der Waals surface area (Å²) in [5.41, 5.74) is 1.35. The topological polar surface area (TPSA) is 42.7 Å². The summed E-state index contributed by atoms with van der Waals surface area (Å²) >= 11 is 1.65. The third-order valence-corrected chi connectivity index (χ3v) is 4.64. The van der Waals surface area contributed by atoms with E-state index in [1.807, 2.05) is 18.5 Å². The van der Waals surface area contributed by atoms with Crippen molar-refractivity contribution in [1.82, 2.24) is 20.1 Å². The number of nitrogens with zero attached hydrogens (tertiary/aromatic N) is 3. The van der Waals surface area contributed by atoms with Gasteiger partial charge in [-0.2, -0.15) is 0 Å². The van der Waals surface area contributed by atoms with E-state index in [2.05, 4.69) is 53.6 Å². The van der Waals surface area contributed by atoms with Crippen LogP contribution in [0, 0.1) is 6.92 Å². The van der Waals surface area contributed by atoms with Crippen LogP contribution in [0.5, 0.6) is 0 Å². The van der Waals surface area contributed by atoms with Gasteiger partial charge >= 0.3 is 0 Å². The van der Waals surface area contributed by atoms with Crippen LogP contribution in [-0.2, 0) is 7.05 Å². The fourth-order valence-electron chi connectivity index (χ4n) is 2.17.